The molecule has 0 radical (unpaired) electrons. The minimum atomic E-state index is 0.0966. The van der Waals surface area contributed by atoms with E-state index in [-0.39, 0.29) is 5.91 Å². The zero-order valence-corrected chi connectivity index (χ0v) is 16.7. The molecule has 1 N–H and O–H groups in total. The SMILES string of the molecule is CCn1c(SCC(=O)N[C@@H]2CCC[C@H](C)[C@H]2C)nnc1-c1cccs1. The van der Waals surface area contributed by atoms with E-state index in [4.69, 9.17) is 0 Å². The molecule has 2 aromatic rings. The van der Waals surface area contributed by atoms with Crippen molar-refractivity contribution in [2.75, 3.05) is 5.75 Å². The predicted molar refractivity (Wildman–Crippen MR) is 104 cm³/mol. The van der Waals surface area contributed by atoms with Gasteiger partial charge < -0.3 is 9.88 Å². The molecule has 7 heteroatoms. The van der Waals surface area contributed by atoms with Gasteiger partial charge in [-0.1, -0.05) is 44.5 Å². The Hall–Kier alpha value is -1.34. The number of hydrogen-bond acceptors (Lipinski definition) is 5. The largest absolute Gasteiger partial charge is 0.352 e. The van der Waals surface area contributed by atoms with Crippen molar-refractivity contribution in [2.24, 2.45) is 11.8 Å². The zero-order chi connectivity index (χ0) is 17.8. The fraction of sp³-hybridized carbons (Fsp3) is 0.611. The van der Waals surface area contributed by atoms with E-state index >= 15 is 0 Å². The molecule has 1 aliphatic rings. The highest BCUT2D eigenvalue weighted by molar-refractivity contribution is 7.99. The molecule has 1 fully saturated rings. The fourth-order valence-electron chi connectivity index (χ4n) is 3.43. The van der Waals surface area contributed by atoms with Crippen LogP contribution < -0.4 is 5.32 Å². The quantitative estimate of drug-likeness (QED) is 0.770. The van der Waals surface area contributed by atoms with Crippen LogP contribution in [0.4, 0.5) is 0 Å². The minimum absolute atomic E-state index is 0.0966. The first-order valence-electron chi connectivity index (χ1n) is 8.99. The van der Waals surface area contributed by atoms with Gasteiger partial charge in [0, 0.05) is 12.6 Å². The van der Waals surface area contributed by atoms with E-state index in [1.807, 2.05) is 17.5 Å². The van der Waals surface area contributed by atoms with Gasteiger partial charge in [-0.3, -0.25) is 4.79 Å². The maximum Gasteiger partial charge on any atom is 0.230 e. The van der Waals surface area contributed by atoms with Gasteiger partial charge in [-0.15, -0.1) is 21.5 Å². The number of carbonyl (C=O) groups excluding carboxylic acids is 1. The molecule has 0 unspecified atom stereocenters. The molecule has 3 atom stereocenters. The normalized spacial score (nSPS) is 23.6. The van der Waals surface area contributed by atoms with Crippen LogP contribution in [0.1, 0.15) is 40.0 Å². The molecule has 3 rings (SSSR count). The van der Waals surface area contributed by atoms with Crippen molar-refractivity contribution in [3.05, 3.63) is 17.5 Å². The Morgan fingerprint density at radius 3 is 2.96 bits per heavy atom. The predicted octanol–water partition coefficient (Wildman–Crippen LogP) is 4.06. The van der Waals surface area contributed by atoms with E-state index in [1.165, 1.54) is 24.6 Å². The van der Waals surface area contributed by atoms with Crippen molar-refractivity contribution in [3.63, 3.8) is 0 Å². The molecule has 2 aromatic heterocycles. The molecule has 5 nitrogen and oxygen atoms in total. The Kier molecular flexibility index (Phi) is 6.17. The first-order chi connectivity index (χ1) is 12.1. The summed E-state index contributed by atoms with van der Waals surface area (Å²) in [5.74, 6) is 2.60. The number of amides is 1. The Labute approximate surface area is 157 Å². The van der Waals surface area contributed by atoms with Crippen LogP contribution in [0.15, 0.2) is 22.7 Å². The monoisotopic (exact) mass is 378 g/mol. The van der Waals surface area contributed by atoms with Crippen molar-refractivity contribution in [3.8, 4) is 10.7 Å². The highest BCUT2D eigenvalue weighted by atomic mass is 32.2. The van der Waals surface area contributed by atoms with Crippen molar-refractivity contribution in [2.45, 2.75) is 57.8 Å². The summed E-state index contributed by atoms with van der Waals surface area (Å²) in [5, 5.41) is 14.7. The minimum Gasteiger partial charge on any atom is -0.352 e. The van der Waals surface area contributed by atoms with Gasteiger partial charge in [-0.2, -0.15) is 0 Å². The number of rotatable bonds is 6. The van der Waals surface area contributed by atoms with Gasteiger partial charge in [0.05, 0.1) is 10.6 Å². The molecule has 136 valence electrons. The Balaban J connectivity index is 1.59. The highest BCUT2D eigenvalue weighted by Crippen LogP contribution is 2.30. The van der Waals surface area contributed by atoms with Crippen molar-refractivity contribution < 1.29 is 4.79 Å². The van der Waals surface area contributed by atoms with E-state index < -0.39 is 0 Å². The van der Waals surface area contributed by atoms with Gasteiger partial charge in [0.25, 0.3) is 0 Å². The summed E-state index contributed by atoms with van der Waals surface area (Å²) in [6, 6.07) is 4.37. The number of nitrogens with one attached hydrogen (secondary N) is 1. The molecule has 0 spiro atoms. The molecular weight excluding hydrogens is 352 g/mol. The van der Waals surface area contributed by atoms with Crippen LogP contribution in [0.2, 0.25) is 0 Å². The highest BCUT2D eigenvalue weighted by Gasteiger charge is 2.28. The van der Waals surface area contributed by atoms with Gasteiger partial charge in [0.1, 0.15) is 0 Å². The molecule has 0 aromatic carbocycles. The Bertz CT molecular complexity index is 698. The van der Waals surface area contributed by atoms with Gasteiger partial charge in [-0.05, 0) is 36.6 Å². The molecule has 0 aliphatic heterocycles. The van der Waals surface area contributed by atoms with Crippen LogP contribution in [0, 0.1) is 11.8 Å². The van der Waals surface area contributed by atoms with Crippen molar-refractivity contribution in [1.29, 1.82) is 0 Å². The zero-order valence-electron chi connectivity index (χ0n) is 15.1. The van der Waals surface area contributed by atoms with Crippen LogP contribution in [0.5, 0.6) is 0 Å². The second-order valence-corrected chi connectivity index (χ2v) is 8.65. The summed E-state index contributed by atoms with van der Waals surface area (Å²) in [6.07, 6.45) is 3.57. The molecule has 1 aliphatic carbocycles. The summed E-state index contributed by atoms with van der Waals surface area (Å²) < 4.78 is 2.08. The second kappa shape index (κ2) is 8.36. The van der Waals surface area contributed by atoms with E-state index in [2.05, 4.69) is 40.9 Å². The maximum atomic E-state index is 12.4. The third kappa shape index (κ3) is 4.26. The summed E-state index contributed by atoms with van der Waals surface area (Å²) in [6.45, 7) is 7.41. The number of thioether (sulfide) groups is 1. The summed E-state index contributed by atoms with van der Waals surface area (Å²) in [5.41, 5.74) is 0. The number of nitrogens with zero attached hydrogens (tertiary/aromatic N) is 3. The molecule has 0 saturated heterocycles. The molecule has 0 bridgehead atoms. The summed E-state index contributed by atoms with van der Waals surface area (Å²) in [4.78, 5) is 13.5. The lowest BCUT2D eigenvalue weighted by Crippen LogP contribution is -2.44. The lowest BCUT2D eigenvalue weighted by atomic mass is 9.78. The molecule has 1 saturated carbocycles. The Morgan fingerprint density at radius 2 is 2.24 bits per heavy atom. The van der Waals surface area contributed by atoms with Crippen molar-refractivity contribution in [1.82, 2.24) is 20.1 Å². The third-order valence-corrected chi connectivity index (χ3v) is 6.99. The third-order valence-electron chi connectivity index (χ3n) is 5.16. The Morgan fingerprint density at radius 1 is 1.40 bits per heavy atom. The van der Waals surface area contributed by atoms with Gasteiger partial charge >= 0.3 is 0 Å². The van der Waals surface area contributed by atoms with Gasteiger partial charge in [-0.25, -0.2) is 0 Å². The molecule has 25 heavy (non-hydrogen) atoms. The van der Waals surface area contributed by atoms with Crippen LogP contribution in [-0.4, -0.2) is 32.5 Å². The number of aromatic nitrogens is 3. The summed E-state index contributed by atoms with van der Waals surface area (Å²) >= 11 is 3.13. The van der Waals surface area contributed by atoms with E-state index in [0.717, 1.165) is 28.8 Å². The van der Waals surface area contributed by atoms with Crippen LogP contribution in [0.25, 0.3) is 10.7 Å². The van der Waals surface area contributed by atoms with Gasteiger partial charge in [0.15, 0.2) is 11.0 Å². The average molecular weight is 379 g/mol. The smallest absolute Gasteiger partial charge is 0.230 e. The van der Waals surface area contributed by atoms with Crippen LogP contribution >= 0.6 is 23.1 Å². The molecule has 2 heterocycles. The number of carbonyl (C=O) groups is 1. The lowest BCUT2D eigenvalue weighted by molar-refractivity contribution is -0.120. The second-order valence-electron chi connectivity index (χ2n) is 6.76. The van der Waals surface area contributed by atoms with E-state index in [9.17, 15) is 4.79 Å². The fourth-order valence-corrected chi connectivity index (χ4v) is 4.96. The summed E-state index contributed by atoms with van der Waals surface area (Å²) in [7, 11) is 0. The first kappa shape index (κ1) is 18.5. The lowest BCUT2D eigenvalue weighted by Gasteiger charge is -2.34. The molecule has 1 amide bonds. The van der Waals surface area contributed by atoms with Gasteiger partial charge in [0.2, 0.25) is 5.91 Å². The molecular formula is C18H26N4OS2. The van der Waals surface area contributed by atoms with Crippen LogP contribution in [0.3, 0.4) is 0 Å². The van der Waals surface area contributed by atoms with E-state index in [0.29, 0.717) is 23.6 Å². The first-order valence-corrected chi connectivity index (χ1v) is 10.9. The van der Waals surface area contributed by atoms with Crippen molar-refractivity contribution >= 4 is 29.0 Å². The number of hydrogen-bond donors (Lipinski definition) is 1. The average Bonchev–Trinajstić information content (AvgIpc) is 3.25. The number of thiophene rings is 1. The standard InChI is InChI=1S/C18H26N4OS2/c1-4-22-17(15-9-6-10-24-15)20-21-18(22)25-11-16(23)19-14-8-5-7-12(2)13(14)3/h6,9-10,12-14H,4-5,7-8,11H2,1-3H3,(H,19,23)/t12-,13+,14+/m0/s1. The topological polar surface area (TPSA) is 59.8 Å². The maximum absolute atomic E-state index is 12.4. The van der Waals surface area contributed by atoms with Crippen LogP contribution in [-0.2, 0) is 11.3 Å². The van der Waals surface area contributed by atoms with E-state index in [1.54, 1.807) is 11.3 Å².